The highest BCUT2D eigenvalue weighted by molar-refractivity contribution is 5.76. The topological polar surface area (TPSA) is 109 Å². The number of nitrogens with one attached hydrogen (secondary N) is 1. The van der Waals surface area contributed by atoms with Crippen LogP contribution < -0.4 is 10.1 Å². The van der Waals surface area contributed by atoms with E-state index in [0.29, 0.717) is 12.5 Å². The summed E-state index contributed by atoms with van der Waals surface area (Å²) in [4.78, 5) is 23.6. The Hall–Kier alpha value is -3.24. The number of aliphatic hydroxyl groups is 1. The van der Waals surface area contributed by atoms with Crippen LogP contribution in [0.5, 0.6) is 5.75 Å². The first kappa shape index (κ1) is 23.9. The average Bonchev–Trinajstić information content (AvgIpc) is 3.50. The van der Waals surface area contributed by atoms with Gasteiger partial charge in [0.05, 0.1) is 31.0 Å². The lowest BCUT2D eigenvalue weighted by atomic mass is 9.98. The number of benzene rings is 1. The molecule has 0 bridgehead atoms. The van der Waals surface area contributed by atoms with Crippen molar-refractivity contribution in [3.63, 3.8) is 0 Å². The van der Waals surface area contributed by atoms with Gasteiger partial charge >= 0.3 is 0 Å². The van der Waals surface area contributed by atoms with Crippen LogP contribution >= 0.6 is 0 Å². The average molecular weight is 468 g/mol. The summed E-state index contributed by atoms with van der Waals surface area (Å²) < 4.78 is 7.29. The number of rotatable bonds is 5. The second kappa shape index (κ2) is 10.8. The molecule has 10 heteroatoms. The van der Waals surface area contributed by atoms with Gasteiger partial charge in [0.25, 0.3) is 0 Å². The summed E-state index contributed by atoms with van der Waals surface area (Å²) >= 11 is 0. The fourth-order valence-corrected chi connectivity index (χ4v) is 4.39. The van der Waals surface area contributed by atoms with Gasteiger partial charge in [0, 0.05) is 52.9 Å². The summed E-state index contributed by atoms with van der Waals surface area (Å²) in [6.45, 7) is 6.22. The molecule has 0 spiro atoms. The van der Waals surface area contributed by atoms with Gasteiger partial charge in [0.1, 0.15) is 5.75 Å². The van der Waals surface area contributed by atoms with Gasteiger partial charge in [-0.1, -0.05) is 0 Å². The summed E-state index contributed by atoms with van der Waals surface area (Å²) in [6, 6.07) is 4.17. The van der Waals surface area contributed by atoms with Crippen LogP contribution in [0, 0.1) is 0 Å². The molecule has 1 fully saturated rings. The van der Waals surface area contributed by atoms with Gasteiger partial charge in [-0.3, -0.25) is 14.4 Å². The molecule has 2 aliphatic heterocycles. The molecule has 0 radical (unpaired) electrons. The first-order valence-electron chi connectivity index (χ1n) is 11.7. The zero-order valence-corrected chi connectivity index (χ0v) is 20.1. The fourth-order valence-electron chi connectivity index (χ4n) is 4.39. The van der Waals surface area contributed by atoms with Gasteiger partial charge in [-0.15, -0.1) is 0 Å². The van der Waals surface area contributed by atoms with E-state index < -0.39 is 0 Å². The highest BCUT2D eigenvalue weighted by Gasteiger charge is 2.19. The van der Waals surface area contributed by atoms with Gasteiger partial charge in [-0.25, -0.2) is 4.98 Å². The molecule has 182 valence electrons. The van der Waals surface area contributed by atoms with Crippen molar-refractivity contribution in [2.24, 2.45) is 7.05 Å². The number of hydrogen-bond acceptors (Lipinski definition) is 8. The first-order valence-corrected chi connectivity index (χ1v) is 11.7. The van der Waals surface area contributed by atoms with Crippen molar-refractivity contribution in [1.29, 1.82) is 0 Å². The summed E-state index contributed by atoms with van der Waals surface area (Å²) in [5.41, 5.74) is 4.12. The number of hydrogen-bond donors (Lipinski definition) is 2. The number of carbonyl (C=O) groups excluding carboxylic acids is 1. The monoisotopic (exact) mass is 467 g/mol. The Bertz CT molecular complexity index is 1140. The third-order valence-electron chi connectivity index (χ3n) is 6.30. The molecular weight excluding hydrogens is 434 g/mol. The number of likely N-dealkylation sites (tertiary alicyclic amines) is 1. The molecule has 0 atom stereocenters. The van der Waals surface area contributed by atoms with E-state index in [1.54, 1.807) is 31.1 Å². The number of methoxy groups -OCH3 is 1. The van der Waals surface area contributed by atoms with Gasteiger partial charge in [0.15, 0.2) is 5.65 Å². The third kappa shape index (κ3) is 5.45. The smallest absolute Gasteiger partial charge is 0.229 e. The summed E-state index contributed by atoms with van der Waals surface area (Å²) in [5.74, 6) is 1.50. The maximum absolute atomic E-state index is 10.6. The molecular formula is C24H33N7O3. The highest BCUT2D eigenvalue weighted by Crippen LogP contribution is 2.33. The Balaban J connectivity index is 0.000000291. The molecule has 2 aromatic heterocycles. The SMILES string of the molecule is CC(=O)N1CCCC1.COc1cc2c(cc1Nc1ncc3cnn(C)c3n1)CN(CCO)CC2. The minimum absolute atomic E-state index is 0.176. The number of aryl methyl sites for hydroxylation is 1. The number of amides is 1. The van der Waals surface area contributed by atoms with Gasteiger partial charge in [-0.2, -0.15) is 10.1 Å². The zero-order valence-electron chi connectivity index (χ0n) is 20.1. The lowest BCUT2D eigenvalue weighted by Gasteiger charge is -2.29. The van der Waals surface area contributed by atoms with Crippen molar-refractivity contribution < 1.29 is 14.6 Å². The second-order valence-corrected chi connectivity index (χ2v) is 8.65. The predicted octanol–water partition coefficient (Wildman–Crippen LogP) is 2.09. The van der Waals surface area contributed by atoms with E-state index in [2.05, 4.69) is 37.4 Å². The van der Waals surface area contributed by atoms with Gasteiger partial charge in [-0.05, 0) is 42.5 Å². The Kier molecular flexibility index (Phi) is 7.59. The van der Waals surface area contributed by atoms with Gasteiger partial charge < -0.3 is 20.1 Å². The molecule has 2 N–H and O–H groups in total. The Morgan fingerprint density at radius 1 is 1.18 bits per heavy atom. The summed E-state index contributed by atoms with van der Waals surface area (Å²) in [5, 5.41) is 17.6. The van der Waals surface area contributed by atoms with Crippen LogP contribution in [-0.2, 0) is 24.8 Å². The number of carbonyl (C=O) groups is 1. The van der Waals surface area contributed by atoms with E-state index in [1.807, 2.05) is 11.9 Å². The normalized spacial score (nSPS) is 15.6. The van der Waals surface area contributed by atoms with Crippen molar-refractivity contribution >= 4 is 28.6 Å². The number of aliphatic hydroxyl groups excluding tert-OH is 1. The minimum atomic E-state index is 0.176. The van der Waals surface area contributed by atoms with Crippen molar-refractivity contribution in [1.82, 2.24) is 29.5 Å². The number of anilines is 2. The van der Waals surface area contributed by atoms with Crippen molar-refractivity contribution in [3.05, 3.63) is 35.7 Å². The lowest BCUT2D eigenvalue weighted by molar-refractivity contribution is -0.127. The zero-order chi connectivity index (χ0) is 24.1. The van der Waals surface area contributed by atoms with Crippen molar-refractivity contribution in [2.75, 3.05) is 45.2 Å². The molecule has 0 saturated carbocycles. The van der Waals surface area contributed by atoms with Gasteiger partial charge in [0.2, 0.25) is 11.9 Å². The van der Waals surface area contributed by atoms with Crippen LogP contribution in [0.4, 0.5) is 11.6 Å². The molecule has 2 aliphatic rings. The maximum Gasteiger partial charge on any atom is 0.229 e. The molecule has 1 amide bonds. The molecule has 4 heterocycles. The molecule has 1 aromatic carbocycles. The Morgan fingerprint density at radius 3 is 2.65 bits per heavy atom. The Labute approximate surface area is 199 Å². The van der Waals surface area contributed by atoms with Crippen LogP contribution in [0.2, 0.25) is 0 Å². The number of aromatic nitrogens is 4. The van der Waals surface area contributed by atoms with Crippen LogP contribution in [0.25, 0.3) is 11.0 Å². The minimum Gasteiger partial charge on any atom is -0.495 e. The molecule has 0 unspecified atom stereocenters. The number of nitrogens with zero attached hydrogens (tertiary/aromatic N) is 6. The molecule has 1 saturated heterocycles. The lowest BCUT2D eigenvalue weighted by Crippen LogP contribution is -2.32. The Morgan fingerprint density at radius 2 is 1.97 bits per heavy atom. The quantitative estimate of drug-likeness (QED) is 0.587. The number of ether oxygens (including phenoxy) is 1. The standard InChI is InChI=1S/C18H22N6O2.C6H11NO/c1-23-17-14(10-20-23)9-19-18(22-17)21-15-7-13-11-24(5-6-25)4-3-12(13)8-16(15)26-2;1-6(8)7-4-2-3-5-7/h7-10,25H,3-6,11H2,1-2H3,(H,19,21,22);2-5H2,1H3. The molecule has 34 heavy (non-hydrogen) atoms. The van der Waals surface area contributed by atoms with Crippen molar-refractivity contribution in [3.8, 4) is 5.75 Å². The van der Waals surface area contributed by atoms with Crippen LogP contribution in [0.15, 0.2) is 24.5 Å². The molecule has 0 aliphatic carbocycles. The number of β-amino-alcohol motifs (C(OH)–C–C–N with tert-alkyl or cyclic N) is 1. The van der Waals surface area contributed by atoms with E-state index in [-0.39, 0.29) is 12.5 Å². The predicted molar refractivity (Wildman–Crippen MR) is 130 cm³/mol. The second-order valence-electron chi connectivity index (χ2n) is 8.65. The maximum atomic E-state index is 10.6. The molecule has 5 rings (SSSR count). The van der Waals surface area contributed by atoms with E-state index in [9.17, 15) is 9.90 Å². The summed E-state index contributed by atoms with van der Waals surface area (Å²) in [6.07, 6.45) is 6.84. The van der Waals surface area contributed by atoms with Crippen LogP contribution in [-0.4, -0.2) is 80.5 Å². The fraction of sp³-hybridized carbons (Fsp3) is 0.500. The molecule has 10 nitrogen and oxygen atoms in total. The number of fused-ring (bicyclic) bond motifs is 2. The highest BCUT2D eigenvalue weighted by atomic mass is 16.5. The van der Waals surface area contributed by atoms with Crippen LogP contribution in [0.1, 0.15) is 30.9 Å². The van der Waals surface area contributed by atoms with E-state index in [1.165, 1.54) is 24.0 Å². The molecule has 3 aromatic rings. The van der Waals surface area contributed by atoms with E-state index >= 15 is 0 Å². The van der Waals surface area contributed by atoms with E-state index in [0.717, 1.165) is 55.1 Å². The van der Waals surface area contributed by atoms with Crippen LogP contribution in [0.3, 0.4) is 0 Å². The van der Waals surface area contributed by atoms with Crippen molar-refractivity contribution in [2.45, 2.75) is 32.7 Å². The first-order chi connectivity index (χ1) is 16.5. The van der Waals surface area contributed by atoms with E-state index in [4.69, 9.17) is 4.74 Å². The third-order valence-corrected chi connectivity index (χ3v) is 6.30. The largest absolute Gasteiger partial charge is 0.495 e. The summed E-state index contributed by atoms with van der Waals surface area (Å²) in [7, 11) is 3.52.